The minimum Gasteiger partial charge on any atom is -0.338 e. The molecule has 0 radical (unpaired) electrons. The lowest BCUT2D eigenvalue weighted by Gasteiger charge is -2.29. The molecule has 10 heteroatoms. The number of nitrogens with one attached hydrogen (secondary N) is 1. The Labute approximate surface area is 180 Å². The van der Waals surface area contributed by atoms with Gasteiger partial charge < -0.3 is 10.2 Å². The molecule has 7 nitrogen and oxygen atoms in total. The van der Waals surface area contributed by atoms with Gasteiger partial charge in [-0.2, -0.15) is 0 Å². The third-order valence-electron chi connectivity index (χ3n) is 4.64. The van der Waals surface area contributed by atoms with Crippen LogP contribution in [0.2, 0.25) is 0 Å². The Hall–Kier alpha value is -1.65. The van der Waals surface area contributed by atoms with Gasteiger partial charge in [0, 0.05) is 18.3 Å². The predicted octanol–water partition coefficient (Wildman–Crippen LogP) is 3.35. The Bertz CT molecular complexity index is 959. The minimum atomic E-state index is -3.04. The Balaban J connectivity index is 1.60. The first kappa shape index (κ1) is 22.0. The van der Waals surface area contributed by atoms with Crippen LogP contribution in [0.25, 0.3) is 0 Å². The molecule has 1 unspecified atom stereocenters. The maximum atomic E-state index is 12.8. The fraction of sp³-hybridized carbons (Fsp3) is 0.526. The summed E-state index contributed by atoms with van der Waals surface area (Å²) in [6.07, 6.45) is 0.523. The number of benzene rings is 1. The van der Waals surface area contributed by atoms with Crippen molar-refractivity contribution in [1.29, 1.82) is 0 Å². The summed E-state index contributed by atoms with van der Waals surface area (Å²) in [5.74, 6) is 0.687. The molecule has 0 spiro atoms. The van der Waals surface area contributed by atoms with Crippen LogP contribution in [0.4, 0.5) is 10.8 Å². The number of amides is 1. The van der Waals surface area contributed by atoms with Crippen molar-refractivity contribution >= 4 is 49.7 Å². The summed E-state index contributed by atoms with van der Waals surface area (Å²) in [7, 11) is -3.04. The quantitative estimate of drug-likeness (QED) is 0.612. The number of anilines is 2. The van der Waals surface area contributed by atoms with Crippen molar-refractivity contribution in [2.45, 2.75) is 37.6 Å². The third kappa shape index (κ3) is 6.16. The van der Waals surface area contributed by atoms with Gasteiger partial charge in [0.25, 0.3) is 0 Å². The molecule has 0 aliphatic carbocycles. The zero-order chi connectivity index (χ0) is 21.0. The van der Waals surface area contributed by atoms with Gasteiger partial charge in [-0.25, -0.2) is 8.42 Å². The molecule has 1 N–H and O–H groups in total. The number of nitrogens with zero attached hydrogens (tertiary/aromatic N) is 3. The molecule has 1 saturated heterocycles. The zero-order valence-electron chi connectivity index (χ0n) is 16.8. The van der Waals surface area contributed by atoms with E-state index in [0.29, 0.717) is 22.4 Å². The number of hydrogen-bond donors (Lipinski definition) is 1. The number of para-hydroxylation sites is 1. The van der Waals surface area contributed by atoms with Gasteiger partial charge in [-0.05, 0) is 30.9 Å². The molecule has 3 rings (SSSR count). The summed E-state index contributed by atoms with van der Waals surface area (Å²) in [5.41, 5.74) is 2.09. The fourth-order valence-electron chi connectivity index (χ4n) is 3.22. The highest BCUT2D eigenvalue weighted by molar-refractivity contribution is 8.01. The molecule has 1 atom stereocenters. The van der Waals surface area contributed by atoms with Crippen LogP contribution in [0.1, 0.15) is 25.8 Å². The van der Waals surface area contributed by atoms with E-state index in [2.05, 4.69) is 15.5 Å². The molecule has 1 aliphatic rings. The van der Waals surface area contributed by atoms with Crippen LogP contribution in [0.3, 0.4) is 0 Å². The van der Waals surface area contributed by atoms with Crippen molar-refractivity contribution < 1.29 is 13.2 Å². The summed E-state index contributed by atoms with van der Waals surface area (Å²) < 4.78 is 24.4. The van der Waals surface area contributed by atoms with E-state index in [1.54, 1.807) is 4.90 Å². The van der Waals surface area contributed by atoms with Crippen LogP contribution < -0.4 is 5.32 Å². The van der Waals surface area contributed by atoms with Crippen molar-refractivity contribution in [3.8, 4) is 0 Å². The van der Waals surface area contributed by atoms with Gasteiger partial charge in [0.1, 0.15) is 0 Å². The molecular weight excluding hydrogens is 428 g/mol. The van der Waals surface area contributed by atoms with E-state index in [0.717, 1.165) is 11.3 Å². The summed E-state index contributed by atoms with van der Waals surface area (Å²) in [4.78, 5) is 14.6. The molecule has 1 aliphatic heterocycles. The second kappa shape index (κ2) is 9.44. The van der Waals surface area contributed by atoms with E-state index >= 15 is 0 Å². The first-order valence-corrected chi connectivity index (χ1v) is 13.1. The lowest BCUT2D eigenvalue weighted by molar-refractivity contribution is -0.130. The number of carbonyl (C=O) groups excluding carboxylic acids is 1. The molecule has 1 fully saturated rings. The summed E-state index contributed by atoms with van der Waals surface area (Å²) in [6, 6.07) is 7.71. The average Bonchev–Trinajstić information content (AvgIpc) is 3.25. The largest absolute Gasteiger partial charge is 0.338 e. The van der Waals surface area contributed by atoms with Crippen LogP contribution in [-0.4, -0.2) is 59.3 Å². The molecule has 2 aromatic rings. The Morgan fingerprint density at radius 2 is 2.10 bits per heavy atom. The number of carbonyl (C=O) groups is 1. The lowest BCUT2D eigenvalue weighted by Crippen LogP contribution is -2.44. The highest BCUT2D eigenvalue weighted by Gasteiger charge is 2.34. The molecule has 158 valence electrons. The van der Waals surface area contributed by atoms with Crippen molar-refractivity contribution in [2.24, 2.45) is 5.92 Å². The highest BCUT2D eigenvalue weighted by Crippen LogP contribution is 2.29. The van der Waals surface area contributed by atoms with Crippen molar-refractivity contribution in [3.63, 3.8) is 0 Å². The maximum Gasteiger partial charge on any atom is 0.233 e. The van der Waals surface area contributed by atoms with Crippen molar-refractivity contribution in [1.82, 2.24) is 15.1 Å². The number of hydrogen-bond acceptors (Lipinski definition) is 8. The Morgan fingerprint density at radius 1 is 1.34 bits per heavy atom. The van der Waals surface area contributed by atoms with E-state index in [4.69, 9.17) is 0 Å². The Kier molecular flexibility index (Phi) is 7.18. The van der Waals surface area contributed by atoms with E-state index < -0.39 is 9.84 Å². The van der Waals surface area contributed by atoms with Crippen LogP contribution in [0.15, 0.2) is 28.6 Å². The van der Waals surface area contributed by atoms with Crippen LogP contribution in [-0.2, 0) is 14.6 Å². The second-order valence-corrected chi connectivity index (χ2v) is 12.0. The summed E-state index contributed by atoms with van der Waals surface area (Å²) >= 11 is 2.74. The topological polar surface area (TPSA) is 92.3 Å². The van der Waals surface area contributed by atoms with Crippen molar-refractivity contribution in [2.75, 3.05) is 29.1 Å². The van der Waals surface area contributed by atoms with E-state index in [-0.39, 0.29) is 35.1 Å². The van der Waals surface area contributed by atoms with Crippen LogP contribution in [0.5, 0.6) is 0 Å². The smallest absolute Gasteiger partial charge is 0.233 e. The van der Waals surface area contributed by atoms with Gasteiger partial charge in [0.15, 0.2) is 14.2 Å². The molecule has 29 heavy (non-hydrogen) atoms. The van der Waals surface area contributed by atoms with Gasteiger partial charge in [-0.1, -0.05) is 55.1 Å². The van der Waals surface area contributed by atoms with Gasteiger partial charge >= 0.3 is 0 Å². The molecule has 1 aromatic carbocycles. The molecule has 0 saturated carbocycles. The van der Waals surface area contributed by atoms with E-state index in [9.17, 15) is 13.2 Å². The summed E-state index contributed by atoms with van der Waals surface area (Å²) in [5, 5.41) is 12.2. The SMILES string of the molecule is Cc1ccccc1Nc1nnc(SCC(=O)N(CC(C)C)C2CCS(=O)(=O)C2)s1. The van der Waals surface area contributed by atoms with Crippen LogP contribution >= 0.6 is 23.1 Å². The van der Waals surface area contributed by atoms with E-state index in [1.165, 1.54) is 23.1 Å². The third-order valence-corrected chi connectivity index (χ3v) is 8.35. The van der Waals surface area contributed by atoms with Crippen molar-refractivity contribution in [3.05, 3.63) is 29.8 Å². The van der Waals surface area contributed by atoms with E-state index in [1.807, 2.05) is 45.0 Å². The molecule has 2 heterocycles. The number of aryl methyl sites for hydroxylation is 1. The lowest BCUT2D eigenvalue weighted by atomic mass is 10.1. The van der Waals surface area contributed by atoms with Gasteiger partial charge in [0.05, 0.1) is 17.3 Å². The van der Waals surface area contributed by atoms with Gasteiger partial charge in [-0.3, -0.25) is 4.79 Å². The fourth-order valence-corrected chi connectivity index (χ4v) is 6.60. The number of aromatic nitrogens is 2. The number of sulfone groups is 1. The average molecular weight is 455 g/mol. The summed E-state index contributed by atoms with van der Waals surface area (Å²) in [6.45, 7) is 6.65. The monoisotopic (exact) mass is 454 g/mol. The molecule has 1 amide bonds. The van der Waals surface area contributed by atoms with Gasteiger partial charge in [-0.15, -0.1) is 10.2 Å². The first-order chi connectivity index (χ1) is 13.7. The Morgan fingerprint density at radius 3 is 2.76 bits per heavy atom. The second-order valence-electron chi connectivity index (χ2n) is 7.60. The maximum absolute atomic E-state index is 12.8. The normalized spacial score (nSPS) is 18.1. The number of rotatable bonds is 8. The van der Waals surface area contributed by atoms with Gasteiger partial charge in [0.2, 0.25) is 11.0 Å². The molecular formula is C19H26N4O3S3. The predicted molar refractivity (Wildman–Crippen MR) is 119 cm³/mol. The standard InChI is InChI=1S/C19H26N4O3S3/c1-13(2)10-23(15-8-9-29(25,26)12-15)17(24)11-27-19-22-21-18(28-19)20-16-7-5-4-6-14(16)3/h4-7,13,15H,8-12H2,1-3H3,(H,20,21). The minimum absolute atomic E-state index is 0.0468. The highest BCUT2D eigenvalue weighted by atomic mass is 32.2. The molecule has 0 bridgehead atoms. The number of thioether (sulfide) groups is 1. The molecule has 1 aromatic heterocycles. The van der Waals surface area contributed by atoms with Crippen LogP contribution in [0, 0.1) is 12.8 Å². The first-order valence-electron chi connectivity index (χ1n) is 9.52. The zero-order valence-corrected chi connectivity index (χ0v) is 19.2.